The van der Waals surface area contributed by atoms with Crippen molar-refractivity contribution in [3.05, 3.63) is 59.7 Å². The van der Waals surface area contributed by atoms with Crippen LogP contribution < -0.4 is 15.4 Å². The van der Waals surface area contributed by atoms with Crippen LogP contribution in [0, 0.1) is 0 Å². The maximum Gasteiger partial charge on any atom is 0.341 e. The maximum atomic E-state index is 12.5. The van der Waals surface area contributed by atoms with E-state index in [-0.39, 0.29) is 24.8 Å². The third-order valence-corrected chi connectivity index (χ3v) is 4.31. The minimum absolute atomic E-state index is 0.137. The van der Waals surface area contributed by atoms with Gasteiger partial charge >= 0.3 is 5.97 Å². The summed E-state index contributed by atoms with van der Waals surface area (Å²) in [5.41, 5.74) is 2.50. The predicted molar refractivity (Wildman–Crippen MR) is 98.7 cm³/mol. The molecule has 1 aliphatic rings. The first-order chi connectivity index (χ1) is 13.0. The second-order valence-corrected chi connectivity index (χ2v) is 6.26. The molecule has 0 radical (unpaired) electrons. The van der Waals surface area contributed by atoms with Gasteiger partial charge in [-0.25, -0.2) is 4.79 Å². The van der Waals surface area contributed by atoms with E-state index in [1.807, 2.05) is 30.3 Å². The van der Waals surface area contributed by atoms with Gasteiger partial charge in [0.1, 0.15) is 5.75 Å². The Morgan fingerprint density at radius 2 is 1.89 bits per heavy atom. The monoisotopic (exact) mass is 368 g/mol. The topological polar surface area (TPSA) is 105 Å². The molecular weight excluding hydrogens is 348 g/mol. The molecular formula is C20H20N2O5. The SMILES string of the molecule is O=C(O)COc1ccc(CCNC(=O)[C@@H]2CC(=O)Nc3ccccc32)cc1. The third-order valence-electron chi connectivity index (χ3n) is 4.31. The minimum atomic E-state index is -1.03. The van der Waals surface area contributed by atoms with Crippen molar-refractivity contribution in [2.75, 3.05) is 18.5 Å². The number of carbonyl (C=O) groups excluding carboxylic acids is 2. The molecule has 0 saturated carbocycles. The summed E-state index contributed by atoms with van der Waals surface area (Å²) in [6.07, 6.45) is 0.754. The van der Waals surface area contributed by atoms with Gasteiger partial charge in [-0.1, -0.05) is 30.3 Å². The van der Waals surface area contributed by atoms with E-state index in [0.717, 1.165) is 11.1 Å². The van der Waals surface area contributed by atoms with Crippen molar-refractivity contribution in [1.29, 1.82) is 0 Å². The first kappa shape index (κ1) is 18.4. The van der Waals surface area contributed by atoms with Gasteiger partial charge in [-0.15, -0.1) is 0 Å². The Hall–Kier alpha value is -3.35. The van der Waals surface area contributed by atoms with E-state index < -0.39 is 11.9 Å². The van der Waals surface area contributed by atoms with Crippen molar-refractivity contribution in [2.24, 2.45) is 0 Å². The van der Waals surface area contributed by atoms with Crippen molar-refractivity contribution in [3.63, 3.8) is 0 Å². The van der Waals surface area contributed by atoms with Crippen LogP contribution in [0.25, 0.3) is 0 Å². The molecule has 3 N–H and O–H groups in total. The number of carboxylic acid groups (broad SMARTS) is 1. The first-order valence-electron chi connectivity index (χ1n) is 8.63. The molecule has 0 unspecified atom stereocenters. The summed E-state index contributed by atoms with van der Waals surface area (Å²) in [4.78, 5) is 34.8. The second kappa shape index (κ2) is 8.35. The molecule has 0 spiro atoms. The Balaban J connectivity index is 1.53. The molecule has 27 heavy (non-hydrogen) atoms. The number of hydrogen-bond donors (Lipinski definition) is 3. The summed E-state index contributed by atoms with van der Waals surface area (Å²) in [5.74, 6) is -1.36. The minimum Gasteiger partial charge on any atom is -0.482 e. The van der Waals surface area contributed by atoms with Crippen LogP contribution in [0.3, 0.4) is 0 Å². The highest BCUT2D eigenvalue weighted by atomic mass is 16.5. The number of benzene rings is 2. The molecule has 7 heteroatoms. The average Bonchev–Trinajstić information content (AvgIpc) is 2.66. The molecule has 1 atom stereocenters. The number of carbonyl (C=O) groups is 3. The first-order valence-corrected chi connectivity index (χ1v) is 8.63. The van der Waals surface area contributed by atoms with Crippen molar-refractivity contribution in [3.8, 4) is 5.75 Å². The predicted octanol–water partition coefficient (Wildman–Crippen LogP) is 1.93. The molecule has 1 heterocycles. The van der Waals surface area contributed by atoms with E-state index in [9.17, 15) is 14.4 Å². The number of rotatable bonds is 7. The van der Waals surface area contributed by atoms with E-state index in [4.69, 9.17) is 9.84 Å². The highest BCUT2D eigenvalue weighted by Gasteiger charge is 2.30. The summed E-state index contributed by atoms with van der Waals surface area (Å²) >= 11 is 0. The lowest BCUT2D eigenvalue weighted by Crippen LogP contribution is -2.35. The van der Waals surface area contributed by atoms with Gasteiger partial charge in [0.25, 0.3) is 0 Å². The molecule has 2 amide bonds. The van der Waals surface area contributed by atoms with Gasteiger partial charge in [-0.3, -0.25) is 9.59 Å². The van der Waals surface area contributed by atoms with Crippen LogP contribution in [0.4, 0.5) is 5.69 Å². The number of anilines is 1. The fourth-order valence-corrected chi connectivity index (χ4v) is 3.00. The van der Waals surface area contributed by atoms with Crippen molar-refractivity contribution in [1.82, 2.24) is 5.32 Å². The Labute approximate surface area is 156 Å². The van der Waals surface area contributed by atoms with Crippen LogP contribution in [-0.4, -0.2) is 36.0 Å². The Morgan fingerprint density at radius 1 is 1.15 bits per heavy atom. The summed E-state index contributed by atoms with van der Waals surface area (Å²) in [6.45, 7) is 0.0558. The molecule has 0 fully saturated rings. The fourth-order valence-electron chi connectivity index (χ4n) is 3.00. The van der Waals surface area contributed by atoms with Crippen molar-refractivity contribution in [2.45, 2.75) is 18.8 Å². The van der Waals surface area contributed by atoms with Gasteiger partial charge in [0, 0.05) is 18.7 Å². The normalized spacial score (nSPS) is 15.4. The van der Waals surface area contributed by atoms with Gasteiger partial charge in [0.15, 0.2) is 6.61 Å². The number of para-hydroxylation sites is 1. The Kier molecular flexibility index (Phi) is 5.71. The highest BCUT2D eigenvalue weighted by Crippen LogP contribution is 2.31. The quantitative estimate of drug-likeness (QED) is 0.693. The van der Waals surface area contributed by atoms with E-state index in [2.05, 4.69) is 10.6 Å². The van der Waals surface area contributed by atoms with Gasteiger partial charge < -0.3 is 20.5 Å². The van der Waals surface area contributed by atoms with Crippen LogP contribution in [0.15, 0.2) is 48.5 Å². The zero-order valence-electron chi connectivity index (χ0n) is 14.6. The van der Waals surface area contributed by atoms with E-state index in [1.165, 1.54) is 0 Å². The van der Waals surface area contributed by atoms with Gasteiger partial charge in [0.2, 0.25) is 11.8 Å². The summed E-state index contributed by atoms with van der Waals surface area (Å²) < 4.78 is 5.08. The summed E-state index contributed by atoms with van der Waals surface area (Å²) in [6, 6.07) is 14.4. The molecule has 0 aliphatic carbocycles. The fraction of sp³-hybridized carbons (Fsp3) is 0.250. The molecule has 3 rings (SSSR count). The largest absolute Gasteiger partial charge is 0.482 e. The van der Waals surface area contributed by atoms with Crippen LogP contribution in [0.1, 0.15) is 23.5 Å². The molecule has 2 aromatic carbocycles. The summed E-state index contributed by atoms with van der Waals surface area (Å²) in [7, 11) is 0. The third kappa shape index (κ3) is 4.84. The number of fused-ring (bicyclic) bond motifs is 1. The van der Waals surface area contributed by atoms with Crippen LogP contribution in [-0.2, 0) is 20.8 Å². The van der Waals surface area contributed by atoms with E-state index in [1.54, 1.807) is 18.2 Å². The molecule has 7 nitrogen and oxygen atoms in total. The number of amides is 2. The zero-order valence-corrected chi connectivity index (χ0v) is 14.6. The lowest BCUT2D eigenvalue weighted by Gasteiger charge is -2.24. The molecule has 0 aromatic heterocycles. The second-order valence-electron chi connectivity index (χ2n) is 6.26. The van der Waals surface area contributed by atoms with E-state index in [0.29, 0.717) is 24.4 Å². The molecule has 0 bridgehead atoms. The average molecular weight is 368 g/mol. The standard InChI is InChI=1S/C20H20N2O5/c23-18-11-16(15-3-1-2-4-17(15)22-18)20(26)21-10-9-13-5-7-14(8-6-13)27-12-19(24)25/h1-8,16H,9-12H2,(H,21,26)(H,22,23)(H,24,25)/t16-/m1/s1. The lowest BCUT2D eigenvalue weighted by molar-refractivity contribution is -0.139. The van der Waals surface area contributed by atoms with Crippen molar-refractivity contribution < 1.29 is 24.2 Å². The van der Waals surface area contributed by atoms with Crippen LogP contribution in [0.2, 0.25) is 0 Å². The number of carboxylic acids is 1. The van der Waals surface area contributed by atoms with Crippen LogP contribution in [0.5, 0.6) is 5.75 Å². The van der Waals surface area contributed by atoms with Gasteiger partial charge in [-0.05, 0) is 35.7 Å². The number of ether oxygens (including phenoxy) is 1. The highest BCUT2D eigenvalue weighted by molar-refractivity contribution is 6.01. The Morgan fingerprint density at radius 3 is 2.63 bits per heavy atom. The zero-order chi connectivity index (χ0) is 19.2. The molecule has 0 saturated heterocycles. The maximum absolute atomic E-state index is 12.5. The summed E-state index contributed by atoms with van der Waals surface area (Å²) in [5, 5.41) is 14.3. The molecule has 1 aliphatic heterocycles. The van der Waals surface area contributed by atoms with Gasteiger partial charge in [-0.2, -0.15) is 0 Å². The molecule has 2 aromatic rings. The van der Waals surface area contributed by atoms with Crippen LogP contribution >= 0.6 is 0 Å². The number of nitrogens with one attached hydrogen (secondary N) is 2. The number of hydrogen-bond acceptors (Lipinski definition) is 4. The number of aliphatic carboxylic acids is 1. The lowest BCUT2D eigenvalue weighted by atomic mass is 9.90. The molecule has 140 valence electrons. The van der Waals surface area contributed by atoms with E-state index >= 15 is 0 Å². The van der Waals surface area contributed by atoms with Crippen molar-refractivity contribution >= 4 is 23.5 Å². The Bertz CT molecular complexity index is 848. The van der Waals surface area contributed by atoms with Gasteiger partial charge in [0.05, 0.1) is 5.92 Å². The smallest absolute Gasteiger partial charge is 0.341 e.